The molecule has 3 rings (SSSR count). The topological polar surface area (TPSA) is 71.7 Å². The number of nitrogens with one attached hydrogen (secondary N) is 1. The van der Waals surface area contributed by atoms with Crippen molar-refractivity contribution < 1.29 is 9.84 Å². The molecule has 0 unspecified atom stereocenters. The molecule has 0 saturated heterocycles. The molecule has 0 amide bonds. The minimum atomic E-state index is -0.0302. The normalized spacial score (nSPS) is 11.7. The van der Waals surface area contributed by atoms with E-state index in [0.717, 1.165) is 22.6 Å². The predicted octanol–water partition coefficient (Wildman–Crippen LogP) is 3.35. The van der Waals surface area contributed by atoms with Crippen LogP contribution in [0.1, 0.15) is 32.0 Å². The first-order valence-electron chi connectivity index (χ1n) is 7.83. The summed E-state index contributed by atoms with van der Waals surface area (Å²) in [6, 6.07) is 7.30. The predicted molar refractivity (Wildman–Crippen MR) is 93.7 cm³/mol. The third kappa shape index (κ3) is 3.13. The Kier molecular flexibility index (Phi) is 4.05. The number of methoxy groups -OCH3 is 1. The molecule has 0 atom stereocenters. The maximum absolute atomic E-state index is 10.1. The van der Waals surface area contributed by atoms with Crippen molar-refractivity contribution in [1.29, 1.82) is 0 Å². The van der Waals surface area contributed by atoms with Crippen LogP contribution in [0.3, 0.4) is 0 Å². The summed E-state index contributed by atoms with van der Waals surface area (Å²) in [5.74, 6) is 1.55. The summed E-state index contributed by atoms with van der Waals surface area (Å²) in [6.45, 7) is 6.85. The molecule has 0 aliphatic rings. The average Bonchev–Trinajstić information content (AvgIpc) is 2.98. The molecule has 6 nitrogen and oxygen atoms in total. The Morgan fingerprint density at radius 1 is 1.25 bits per heavy atom. The third-order valence-corrected chi connectivity index (χ3v) is 3.90. The van der Waals surface area contributed by atoms with E-state index in [2.05, 4.69) is 36.2 Å². The summed E-state index contributed by atoms with van der Waals surface area (Å²) in [5, 5.41) is 18.0. The van der Waals surface area contributed by atoms with Gasteiger partial charge < -0.3 is 15.2 Å². The van der Waals surface area contributed by atoms with Crippen molar-refractivity contribution in [3.63, 3.8) is 0 Å². The first-order valence-corrected chi connectivity index (χ1v) is 7.83. The molecule has 3 aromatic rings. The first kappa shape index (κ1) is 16.1. The number of hydrogen-bond donors (Lipinski definition) is 2. The van der Waals surface area contributed by atoms with Gasteiger partial charge in [0.05, 0.1) is 12.8 Å². The second kappa shape index (κ2) is 6.03. The van der Waals surface area contributed by atoms with Crippen LogP contribution >= 0.6 is 0 Å². The molecule has 1 aromatic carbocycles. The molecule has 126 valence electrons. The summed E-state index contributed by atoms with van der Waals surface area (Å²) in [5.41, 5.74) is 2.66. The number of aromatic hydroxyl groups is 1. The Morgan fingerprint density at radius 2 is 2.04 bits per heavy atom. The van der Waals surface area contributed by atoms with Crippen molar-refractivity contribution in [2.24, 2.45) is 0 Å². The maximum atomic E-state index is 10.1. The summed E-state index contributed by atoms with van der Waals surface area (Å²) < 4.78 is 6.92. The molecule has 6 heteroatoms. The van der Waals surface area contributed by atoms with Crippen molar-refractivity contribution in [1.82, 2.24) is 14.6 Å². The fourth-order valence-corrected chi connectivity index (χ4v) is 2.42. The van der Waals surface area contributed by atoms with Gasteiger partial charge in [-0.3, -0.25) is 0 Å². The number of nitrogens with zero attached hydrogens (tertiary/aromatic N) is 3. The van der Waals surface area contributed by atoms with Crippen LogP contribution < -0.4 is 10.1 Å². The van der Waals surface area contributed by atoms with Gasteiger partial charge >= 0.3 is 0 Å². The molecule has 0 aliphatic carbocycles. The van der Waals surface area contributed by atoms with E-state index in [9.17, 15) is 5.11 Å². The van der Waals surface area contributed by atoms with Gasteiger partial charge in [0.25, 0.3) is 0 Å². The van der Waals surface area contributed by atoms with E-state index in [-0.39, 0.29) is 11.2 Å². The summed E-state index contributed by atoms with van der Waals surface area (Å²) in [4.78, 5) is 4.40. The number of hydrogen-bond acceptors (Lipinski definition) is 5. The zero-order valence-corrected chi connectivity index (χ0v) is 14.4. The number of aromatic nitrogens is 3. The Bertz CT molecular complexity index is 865. The van der Waals surface area contributed by atoms with Gasteiger partial charge in [-0.1, -0.05) is 20.8 Å². The maximum Gasteiger partial charge on any atom is 0.152 e. The van der Waals surface area contributed by atoms with Crippen LogP contribution in [0.2, 0.25) is 0 Å². The summed E-state index contributed by atoms with van der Waals surface area (Å²) in [6.07, 6.45) is 3.54. The highest BCUT2D eigenvalue weighted by atomic mass is 16.5. The van der Waals surface area contributed by atoms with Crippen LogP contribution in [0, 0.1) is 0 Å². The Morgan fingerprint density at radius 3 is 2.71 bits per heavy atom. The highest BCUT2D eigenvalue weighted by Crippen LogP contribution is 2.26. The number of benzene rings is 1. The average molecular weight is 326 g/mol. The Balaban J connectivity index is 1.86. The van der Waals surface area contributed by atoms with Crippen molar-refractivity contribution >= 4 is 11.3 Å². The standard InChI is InChI=1S/C18H22N4O2/c1-18(2,3)16-10-14-17(19-7-8-22(14)21-16)20-11-12-5-6-13(24-4)9-15(12)23/h5-10,23H,11H2,1-4H3,(H,19,20). The molecule has 0 bridgehead atoms. The van der Waals surface area contributed by atoms with Gasteiger partial charge in [0.2, 0.25) is 0 Å². The lowest BCUT2D eigenvalue weighted by atomic mass is 9.92. The molecule has 2 N–H and O–H groups in total. The second-order valence-corrected chi connectivity index (χ2v) is 6.73. The van der Waals surface area contributed by atoms with E-state index in [1.807, 2.05) is 28.9 Å². The zero-order valence-electron chi connectivity index (χ0n) is 14.4. The van der Waals surface area contributed by atoms with Gasteiger partial charge in [-0.2, -0.15) is 5.10 Å². The van der Waals surface area contributed by atoms with Crippen molar-refractivity contribution in [3.05, 3.63) is 47.9 Å². The Labute approximate surface area is 141 Å². The number of rotatable bonds is 4. The van der Waals surface area contributed by atoms with Crippen molar-refractivity contribution in [3.8, 4) is 11.5 Å². The first-order chi connectivity index (χ1) is 11.4. The van der Waals surface area contributed by atoms with Crippen LogP contribution in [0.5, 0.6) is 11.5 Å². The molecule has 2 heterocycles. The quantitative estimate of drug-likeness (QED) is 0.769. The van der Waals surface area contributed by atoms with Crippen LogP contribution in [-0.4, -0.2) is 26.8 Å². The van der Waals surface area contributed by atoms with Crippen LogP contribution in [0.15, 0.2) is 36.7 Å². The smallest absolute Gasteiger partial charge is 0.152 e. The minimum Gasteiger partial charge on any atom is -0.507 e. The second-order valence-electron chi connectivity index (χ2n) is 6.73. The Hall–Kier alpha value is -2.76. The third-order valence-electron chi connectivity index (χ3n) is 3.90. The molecule has 0 fully saturated rings. The molecule has 0 aliphatic heterocycles. The lowest BCUT2D eigenvalue weighted by Crippen LogP contribution is -2.11. The van der Waals surface area contributed by atoms with Gasteiger partial charge in [-0.05, 0) is 18.2 Å². The van der Waals surface area contributed by atoms with E-state index in [1.54, 1.807) is 19.4 Å². The monoisotopic (exact) mass is 326 g/mol. The molecule has 0 spiro atoms. The van der Waals surface area contributed by atoms with Crippen LogP contribution in [-0.2, 0) is 12.0 Å². The molecular formula is C18H22N4O2. The van der Waals surface area contributed by atoms with Gasteiger partial charge in [0.1, 0.15) is 17.0 Å². The van der Waals surface area contributed by atoms with E-state index in [0.29, 0.717) is 12.3 Å². The van der Waals surface area contributed by atoms with E-state index < -0.39 is 0 Å². The van der Waals surface area contributed by atoms with Gasteiger partial charge in [-0.25, -0.2) is 9.50 Å². The van der Waals surface area contributed by atoms with Gasteiger partial charge in [-0.15, -0.1) is 0 Å². The fourth-order valence-electron chi connectivity index (χ4n) is 2.42. The highest BCUT2D eigenvalue weighted by molar-refractivity contribution is 5.68. The number of fused-ring (bicyclic) bond motifs is 1. The van der Waals surface area contributed by atoms with Crippen LogP contribution in [0.4, 0.5) is 5.82 Å². The van der Waals surface area contributed by atoms with E-state index in [4.69, 9.17) is 4.74 Å². The van der Waals surface area contributed by atoms with E-state index in [1.165, 1.54) is 0 Å². The molecule has 2 aromatic heterocycles. The minimum absolute atomic E-state index is 0.0302. The zero-order chi connectivity index (χ0) is 17.3. The van der Waals surface area contributed by atoms with Crippen molar-refractivity contribution in [2.75, 3.05) is 12.4 Å². The number of phenolic OH excluding ortho intramolecular Hbond substituents is 1. The number of anilines is 1. The lowest BCUT2D eigenvalue weighted by molar-refractivity contribution is 0.406. The highest BCUT2D eigenvalue weighted by Gasteiger charge is 2.19. The summed E-state index contributed by atoms with van der Waals surface area (Å²) in [7, 11) is 1.57. The summed E-state index contributed by atoms with van der Waals surface area (Å²) >= 11 is 0. The molecule has 0 radical (unpaired) electrons. The molecule has 0 saturated carbocycles. The largest absolute Gasteiger partial charge is 0.507 e. The fraction of sp³-hybridized carbons (Fsp3) is 0.333. The number of ether oxygens (including phenoxy) is 1. The molecular weight excluding hydrogens is 304 g/mol. The van der Waals surface area contributed by atoms with Crippen molar-refractivity contribution in [2.45, 2.75) is 32.7 Å². The van der Waals surface area contributed by atoms with Gasteiger partial charge in [0, 0.05) is 36.0 Å². The molecule has 24 heavy (non-hydrogen) atoms. The van der Waals surface area contributed by atoms with Gasteiger partial charge in [0.15, 0.2) is 5.82 Å². The van der Waals surface area contributed by atoms with E-state index >= 15 is 0 Å². The lowest BCUT2D eigenvalue weighted by Gasteiger charge is -2.13. The SMILES string of the molecule is COc1ccc(CNc2nccn3nc(C(C)(C)C)cc23)c(O)c1. The number of phenols is 1. The van der Waals surface area contributed by atoms with Crippen LogP contribution in [0.25, 0.3) is 5.52 Å².